The Hall–Kier alpha value is -1.53. The summed E-state index contributed by atoms with van der Waals surface area (Å²) in [7, 11) is 0. The summed E-state index contributed by atoms with van der Waals surface area (Å²) in [5.74, 6) is 1.20. The third-order valence-corrected chi connectivity index (χ3v) is 4.58. The number of amides is 1. The van der Waals surface area contributed by atoms with Gasteiger partial charge in [0.1, 0.15) is 6.04 Å². The summed E-state index contributed by atoms with van der Waals surface area (Å²) in [5.41, 5.74) is 0.991. The lowest BCUT2D eigenvalue weighted by molar-refractivity contribution is -0.137. The molecule has 1 aliphatic rings. The number of nitrogens with zero attached hydrogens (tertiary/aromatic N) is 1. The van der Waals surface area contributed by atoms with Gasteiger partial charge in [0.2, 0.25) is 5.91 Å². The van der Waals surface area contributed by atoms with Crippen molar-refractivity contribution in [1.29, 1.82) is 0 Å². The number of rotatable bonds is 7. The van der Waals surface area contributed by atoms with Gasteiger partial charge in [-0.15, -0.1) is 0 Å². The van der Waals surface area contributed by atoms with E-state index in [2.05, 4.69) is 10.2 Å². The van der Waals surface area contributed by atoms with Gasteiger partial charge in [-0.3, -0.25) is 14.5 Å². The summed E-state index contributed by atoms with van der Waals surface area (Å²) in [6.45, 7) is 2.19. The van der Waals surface area contributed by atoms with E-state index in [1.807, 2.05) is 42.1 Å². The van der Waals surface area contributed by atoms with E-state index in [-0.39, 0.29) is 18.4 Å². The van der Waals surface area contributed by atoms with E-state index in [4.69, 9.17) is 5.11 Å². The lowest BCUT2D eigenvalue weighted by atomic mass is 10.0. The first-order chi connectivity index (χ1) is 10.7. The lowest BCUT2D eigenvalue weighted by Crippen LogP contribution is -2.44. The zero-order valence-corrected chi connectivity index (χ0v) is 13.3. The van der Waals surface area contributed by atoms with E-state index in [1.165, 1.54) is 0 Å². The third kappa shape index (κ3) is 5.03. The summed E-state index contributed by atoms with van der Waals surface area (Å²) < 4.78 is 0. The number of aliphatic carboxylic acids is 1. The van der Waals surface area contributed by atoms with Crippen LogP contribution in [-0.4, -0.2) is 53.0 Å². The molecule has 120 valence electrons. The first kappa shape index (κ1) is 16.8. The van der Waals surface area contributed by atoms with Crippen molar-refractivity contribution in [2.24, 2.45) is 0 Å². The Morgan fingerprint density at radius 3 is 2.55 bits per heavy atom. The Morgan fingerprint density at radius 2 is 1.91 bits per heavy atom. The molecule has 6 heteroatoms. The van der Waals surface area contributed by atoms with Crippen LogP contribution in [0.5, 0.6) is 0 Å². The predicted molar refractivity (Wildman–Crippen MR) is 88.0 cm³/mol. The molecule has 1 unspecified atom stereocenters. The van der Waals surface area contributed by atoms with Crippen molar-refractivity contribution in [3.8, 4) is 0 Å². The second kappa shape index (κ2) is 8.80. The zero-order valence-electron chi connectivity index (χ0n) is 12.5. The summed E-state index contributed by atoms with van der Waals surface area (Å²) in [6, 6.07) is 9.49. The Kier molecular flexibility index (Phi) is 6.74. The fourth-order valence-corrected chi connectivity index (χ4v) is 3.48. The van der Waals surface area contributed by atoms with Crippen LogP contribution in [0, 0.1) is 0 Å². The standard InChI is InChI=1S/C16H22N2O3S/c19-14(20)7-4-8-17-16(21)15(13-5-2-1-3-6-13)18-9-11-22-12-10-18/h1-3,5-6,15H,4,7-12H2,(H,17,21)(H,19,20). The molecule has 0 aromatic heterocycles. The van der Waals surface area contributed by atoms with E-state index < -0.39 is 5.97 Å². The molecule has 0 bridgehead atoms. The van der Waals surface area contributed by atoms with Gasteiger partial charge in [0.05, 0.1) is 0 Å². The average molecular weight is 322 g/mol. The monoisotopic (exact) mass is 322 g/mol. The Labute approximate surface area is 135 Å². The van der Waals surface area contributed by atoms with E-state index in [9.17, 15) is 9.59 Å². The van der Waals surface area contributed by atoms with E-state index >= 15 is 0 Å². The van der Waals surface area contributed by atoms with Crippen molar-refractivity contribution in [2.75, 3.05) is 31.1 Å². The fraction of sp³-hybridized carbons (Fsp3) is 0.500. The van der Waals surface area contributed by atoms with Crippen LogP contribution in [0.3, 0.4) is 0 Å². The van der Waals surface area contributed by atoms with Crippen molar-refractivity contribution < 1.29 is 14.7 Å². The molecule has 1 atom stereocenters. The van der Waals surface area contributed by atoms with Crippen LogP contribution < -0.4 is 5.32 Å². The third-order valence-electron chi connectivity index (χ3n) is 3.64. The zero-order chi connectivity index (χ0) is 15.8. The van der Waals surface area contributed by atoms with Gasteiger partial charge in [0, 0.05) is 37.6 Å². The number of carbonyl (C=O) groups excluding carboxylic acids is 1. The molecule has 0 aliphatic carbocycles. The van der Waals surface area contributed by atoms with Crippen molar-refractivity contribution in [2.45, 2.75) is 18.9 Å². The molecule has 2 N–H and O–H groups in total. The maximum Gasteiger partial charge on any atom is 0.303 e. The van der Waals surface area contributed by atoms with Gasteiger partial charge >= 0.3 is 5.97 Å². The highest BCUT2D eigenvalue weighted by Gasteiger charge is 2.28. The Bertz CT molecular complexity index is 489. The maximum absolute atomic E-state index is 12.6. The SMILES string of the molecule is O=C(O)CCCNC(=O)C(c1ccccc1)N1CCSCC1. The molecule has 1 aromatic carbocycles. The Balaban J connectivity index is 2.00. The maximum atomic E-state index is 12.6. The number of benzene rings is 1. The first-order valence-electron chi connectivity index (χ1n) is 7.55. The highest BCUT2D eigenvalue weighted by molar-refractivity contribution is 7.99. The molecule has 22 heavy (non-hydrogen) atoms. The lowest BCUT2D eigenvalue weighted by Gasteiger charge is -2.33. The molecule has 5 nitrogen and oxygen atoms in total. The predicted octanol–water partition coefficient (Wildman–Crippen LogP) is 1.76. The molecule has 1 aliphatic heterocycles. The summed E-state index contributed by atoms with van der Waals surface area (Å²) in [6.07, 6.45) is 0.537. The summed E-state index contributed by atoms with van der Waals surface area (Å²) in [5, 5.41) is 11.5. The van der Waals surface area contributed by atoms with Crippen molar-refractivity contribution in [3.05, 3.63) is 35.9 Å². The quantitative estimate of drug-likeness (QED) is 0.749. The molecule has 1 amide bonds. The van der Waals surface area contributed by atoms with Gasteiger partial charge in [0.25, 0.3) is 0 Å². The first-order valence-corrected chi connectivity index (χ1v) is 8.70. The van der Waals surface area contributed by atoms with Crippen LogP contribution in [0.25, 0.3) is 0 Å². The van der Waals surface area contributed by atoms with Crippen LogP contribution in [0.2, 0.25) is 0 Å². The molecule has 1 saturated heterocycles. The smallest absolute Gasteiger partial charge is 0.303 e. The highest BCUT2D eigenvalue weighted by Crippen LogP contribution is 2.24. The number of hydrogen-bond acceptors (Lipinski definition) is 4. The van der Waals surface area contributed by atoms with E-state index in [0.717, 1.165) is 30.2 Å². The second-order valence-corrected chi connectivity index (χ2v) is 6.47. The number of carboxylic acid groups (broad SMARTS) is 1. The highest BCUT2D eigenvalue weighted by atomic mass is 32.2. The molecule has 1 fully saturated rings. The van der Waals surface area contributed by atoms with Crippen LogP contribution in [0.4, 0.5) is 0 Å². The summed E-state index contributed by atoms with van der Waals surface area (Å²) >= 11 is 1.91. The van der Waals surface area contributed by atoms with Gasteiger partial charge in [-0.1, -0.05) is 30.3 Å². The summed E-state index contributed by atoms with van der Waals surface area (Å²) in [4.78, 5) is 25.3. The van der Waals surface area contributed by atoms with Crippen molar-refractivity contribution >= 4 is 23.6 Å². The number of carboxylic acids is 1. The molecular weight excluding hydrogens is 300 g/mol. The van der Waals surface area contributed by atoms with Gasteiger partial charge in [-0.05, 0) is 12.0 Å². The number of nitrogens with one attached hydrogen (secondary N) is 1. The van der Waals surface area contributed by atoms with Crippen LogP contribution in [-0.2, 0) is 9.59 Å². The molecule has 0 spiro atoms. The van der Waals surface area contributed by atoms with Crippen LogP contribution in [0.15, 0.2) is 30.3 Å². The normalized spacial score (nSPS) is 16.9. The minimum Gasteiger partial charge on any atom is -0.481 e. The minimum absolute atomic E-state index is 0.0384. The van der Waals surface area contributed by atoms with Crippen LogP contribution in [0.1, 0.15) is 24.4 Å². The second-order valence-electron chi connectivity index (χ2n) is 5.25. The topological polar surface area (TPSA) is 69.6 Å². The van der Waals surface area contributed by atoms with Gasteiger partial charge in [0.15, 0.2) is 0 Å². The van der Waals surface area contributed by atoms with Crippen molar-refractivity contribution in [1.82, 2.24) is 10.2 Å². The average Bonchev–Trinajstić information content (AvgIpc) is 2.54. The number of carbonyl (C=O) groups is 2. The van der Waals surface area contributed by atoms with Gasteiger partial charge in [-0.2, -0.15) is 11.8 Å². The van der Waals surface area contributed by atoms with E-state index in [0.29, 0.717) is 13.0 Å². The Morgan fingerprint density at radius 1 is 1.23 bits per heavy atom. The number of hydrogen-bond donors (Lipinski definition) is 2. The molecular formula is C16H22N2O3S. The number of thioether (sulfide) groups is 1. The molecule has 1 aromatic rings. The van der Waals surface area contributed by atoms with Crippen molar-refractivity contribution in [3.63, 3.8) is 0 Å². The molecule has 1 heterocycles. The van der Waals surface area contributed by atoms with Crippen LogP contribution >= 0.6 is 11.8 Å². The minimum atomic E-state index is -0.832. The van der Waals surface area contributed by atoms with Gasteiger partial charge in [-0.25, -0.2) is 0 Å². The molecule has 0 saturated carbocycles. The molecule has 0 radical (unpaired) electrons. The largest absolute Gasteiger partial charge is 0.481 e. The van der Waals surface area contributed by atoms with E-state index in [1.54, 1.807) is 0 Å². The molecule has 2 rings (SSSR count). The fourth-order valence-electron chi connectivity index (χ4n) is 2.55. The van der Waals surface area contributed by atoms with Gasteiger partial charge < -0.3 is 10.4 Å².